The Morgan fingerprint density at radius 3 is 2.75 bits per heavy atom. The number of halogens is 1. The molecule has 20 heavy (non-hydrogen) atoms. The van der Waals surface area contributed by atoms with Crippen LogP contribution >= 0.6 is 11.6 Å². The van der Waals surface area contributed by atoms with Gasteiger partial charge in [0.1, 0.15) is 17.3 Å². The summed E-state index contributed by atoms with van der Waals surface area (Å²) in [6.07, 6.45) is 3.45. The number of aryl methyl sites for hydroxylation is 2. The molecule has 0 aliphatic heterocycles. The van der Waals surface area contributed by atoms with Gasteiger partial charge in [-0.05, 0) is 54.7 Å². The number of nitrogens with one attached hydrogen (secondary N) is 1. The Hall–Kier alpha value is -2.00. The summed E-state index contributed by atoms with van der Waals surface area (Å²) in [6, 6.07) is 11.4. The number of amidine groups is 1. The molecule has 0 unspecified atom stereocenters. The number of fused-ring (bicyclic) bond motifs is 1. The van der Waals surface area contributed by atoms with E-state index in [1.807, 2.05) is 6.07 Å². The normalized spacial score (nSPS) is 13.1. The maximum absolute atomic E-state index is 7.62. The topological polar surface area (TPSA) is 59.1 Å². The second-order valence-electron chi connectivity index (χ2n) is 4.91. The quantitative estimate of drug-likeness (QED) is 0.664. The van der Waals surface area contributed by atoms with E-state index in [9.17, 15) is 0 Å². The van der Waals surface area contributed by atoms with Gasteiger partial charge in [0, 0.05) is 0 Å². The van der Waals surface area contributed by atoms with Gasteiger partial charge in [-0.2, -0.15) is 0 Å². The zero-order valence-electron chi connectivity index (χ0n) is 10.9. The highest BCUT2D eigenvalue weighted by Crippen LogP contribution is 2.32. The van der Waals surface area contributed by atoms with Gasteiger partial charge in [-0.15, -0.1) is 0 Å². The molecule has 0 fully saturated rings. The third-order valence-electron chi connectivity index (χ3n) is 3.54. The highest BCUT2D eigenvalue weighted by Gasteiger charge is 2.14. The first-order chi connectivity index (χ1) is 9.65. The highest BCUT2D eigenvalue weighted by molar-refractivity contribution is 6.34. The van der Waals surface area contributed by atoms with Crippen LogP contribution in [-0.2, 0) is 12.8 Å². The van der Waals surface area contributed by atoms with Gasteiger partial charge in [0.05, 0.1) is 10.6 Å². The van der Waals surface area contributed by atoms with E-state index in [0.717, 1.165) is 18.6 Å². The number of nitrogen functional groups attached to an aromatic ring is 1. The average Bonchev–Trinajstić information content (AvgIpc) is 2.85. The molecule has 0 bridgehead atoms. The number of benzene rings is 2. The van der Waals surface area contributed by atoms with Crippen LogP contribution in [0.1, 0.15) is 23.1 Å². The molecule has 3 nitrogen and oxygen atoms in total. The Morgan fingerprint density at radius 1 is 1.15 bits per heavy atom. The van der Waals surface area contributed by atoms with E-state index in [-0.39, 0.29) is 5.84 Å². The highest BCUT2D eigenvalue weighted by atomic mass is 35.5. The molecule has 0 saturated heterocycles. The number of rotatable bonds is 3. The minimum absolute atomic E-state index is 0.0910. The van der Waals surface area contributed by atoms with E-state index in [0.29, 0.717) is 16.3 Å². The van der Waals surface area contributed by atoms with Crippen molar-refractivity contribution in [3.8, 4) is 11.5 Å². The second kappa shape index (κ2) is 5.17. The molecular weight excluding hydrogens is 272 g/mol. The summed E-state index contributed by atoms with van der Waals surface area (Å²) in [5.41, 5.74) is 8.76. The zero-order chi connectivity index (χ0) is 14.1. The molecule has 0 aromatic heterocycles. The van der Waals surface area contributed by atoms with Gasteiger partial charge in [-0.1, -0.05) is 23.7 Å². The predicted octanol–water partition coefficient (Wildman–Crippen LogP) is 3.91. The molecule has 4 heteroatoms. The standard InChI is InChI=1S/C16H15ClN2O/c17-13-5-2-6-14(15(13)16(18)19)20-12-8-7-10-3-1-4-11(10)9-12/h2,5-9H,1,3-4H2,(H3,18,19). The summed E-state index contributed by atoms with van der Waals surface area (Å²) >= 11 is 6.08. The zero-order valence-corrected chi connectivity index (χ0v) is 11.7. The fourth-order valence-corrected chi connectivity index (χ4v) is 2.86. The molecule has 1 aliphatic carbocycles. The van der Waals surface area contributed by atoms with Gasteiger partial charge in [0.15, 0.2) is 0 Å². The Bertz CT molecular complexity index is 682. The van der Waals surface area contributed by atoms with E-state index in [1.165, 1.54) is 17.5 Å². The number of nitrogens with two attached hydrogens (primary N) is 1. The average molecular weight is 287 g/mol. The predicted molar refractivity (Wildman–Crippen MR) is 81.0 cm³/mol. The van der Waals surface area contributed by atoms with Crippen LogP contribution in [-0.4, -0.2) is 5.84 Å². The molecule has 0 saturated carbocycles. The van der Waals surface area contributed by atoms with Crippen LogP contribution in [0.3, 0.4) is 0 Å². The van der Waals surface area contributed by atoms with Gasteiger partial charge in [0.25, 0.3) is 0 Å². The van der Waals surface area contributed by atoms with Crippen LogP contribution in [0.25, 0.3) is 0 Å². The number of hydrogen-bond donors (Lipinski definition) is 2. The lowest BCUT2D eigenvalue weighted by Crippen LogP contribution is -2.13. The maximum atomic E-state index is 7.62. The maximum Gasteiger partial charge on any atom is 0.139 e. The Morgan fingerprint density at radius 2 is 1.95 bits per heavy atom. The van der Waals surface area contributed by atoms with Crippen molar-refractivity contribution in [3.05, 3.63) is 58.1 Å². The van der Waals surface area contributed by atoms with Crippen LogP contribution in [0, 0.1) is 5.41 Å². The van der Waals surface area contributed by atoms with E-state index in [4.69, 9.17) is 27.5 Å². The molecule has 0 heterocycles. The van der Waals surface area contributed by atoms with Gasteiger partial charge in [-0.3, -0.25) is 5.41 Å². The monoisotopic (exact) mass is 286 g/mol. The Labute approximate surface area is 122 Å². The van der Waals surface area contributed by atoms with Crippen LogP contribution in [0.15, 0.2) is 36.4 Å². The lowest BCUT2D eigenvalue weighted by Gasteiger charge is -2.12. The van der Waals surface area contributed by atoms with Crippen molar-refractivity contribution in [1.82, 2.24) is 0 Å². The third kappa shape index (κ3) is 2.37. The lowest BCUT2D eigenvalue weighted by atomic mass is 10.1. The van der Waals surface area contributed by atoms with Crippen LogP contribution < -0.4 is 10.5 Å². The fourth-order valence-electron chi connectivity index (χ4n) is 2.59. The van der Waals surface area contributed by atoms with E-state index >= 15 is 0 Å². The molecule has 0 radical (unpaired) electrons. The smallest absolute Gasteiger partial charge is 0.139 e. The molecular formula is C16H15ClN2O. The van der Waals surface area contributed by atoms with Crippen LogP contribution in [0.4, 0.5) is 0 Å². The number of ether oxygens (including phenoxy) is 1. The van der Waals surface area contributed by atoms with Gasteiger partial charge in [-0.25, -0.2) is 0 Å². The summed E-state index contributed by atoms with van der Waals surface area (Å²) in [5.74, 6) is 1.19. The summed E-state index contributed by atoms with van der Waals surface area (Å²) in [6.45, 7) is 0. The molecule has 0 amide bonds. The van der Waals surface area contributed by atoms with Crippen LogP contribution in [0.5, 0.6) is 11.5 Å². The van der Waals surface area contributed by atoms with E-state index in [2.05, 4.69) is 12.1 Å². The summed E-state index contributed by atoms with van der Waals surface area (Å²) in [7, 11) is 0. The molecule has 0 atom stereocenters. The molecule has 3 rings (SSSR count). The molecule has 1 aliphatic rings. The first kappa shape index (κ1) is 13.0. The Kier molecular flexibility index (Phi) is 3.36. The van der Waals surface area contributed by atoms with Crippen LogP contribution in [0.2, 0.25) is 5.02 Å². The lowest BCUT2D eigenvalue weighted by molar-refractivity contribution is 0.481. The minimum Gasteiger partial charge on any atom is -0.457 e. The first-order valence-electron chi connectivity index (χ1n) is 6.58. The SMILES string of the molecule is N=C(N)c1c(Cl)cccc1Oc1ccc2c(c1)CCC2. The largest absolute Gasteiger partial charge is 0.457 e. The summed E-state index contributed by atoms with van der Waals surface area (Å²) in [4.78, 5) is 0. The van der Waals surface area contributed by atoms with Gasteiger partial charge in [0.2, 0.25) is 0 Å². The van der Waals surface area contributed by atoms with E-state index < -0.39 is 0 Å². The van der Waals surface area contributed by atoms with Crippen molar-refractivity contribution >= 4 is 17.4 Å². The second-order valence-corrected chi connectivity index (χ2v) is 5.32. The molecule has 2 aromatic rings. The molecule has 0 spiro atoms. The molecule has 2 aromatic carbocycles. The summed E-state index contributed by atoms with van der Waals surface area (Å²) < 4.78 is 5.87. The van der Waals surface area contributed by atoms with Gasteiger partial charge < -0.3 is 10.5 Å². The summed E-state index contributed by atoms with van der Waals surface area (Å²) in [5, 5.41) is 8.05. The van der Waals surface area contributed by atoms with Gasteiger partial charge >= 0.3 is 0 Å². The van der Waals surface area contributed by atoms with Crippen molar-refractivity contribution in [2.75, 3.05) is 0 Å². The van der Waals surface area contributed by atoms with Crippen molar-refractivity contribution in [2.24, 2.45) is 5.73 Å². The molecule has 3 N–H and O–H groups in total. The fraction of sp³-hybridized carbons (Fsp3) is 0.188. The van der Waals surface area contributed by atoms with E-state index in [1.54, 1.807) is 18.2 Å². The molecule has 102 valence electrons. The van der Waals surface area contributed by atoms with Crippen molar-refractivity contribution in [1.29, 1.82) is 5.41 Å². The first-order valence-corrected chi connectivity index (χ1v) is 6.95. The van der Waals surface area contributed by atoms with Crippen molar-refractivity contribution in [2.45, 2.75) is 19.3 Å². The Balaban J connectivity index is 1.95. The van der Waals surface area contributed by atoms with Crippen molar-refractivity contribution in [3.63, 3.8) is 0 Å². The third-order valence-corrected chi connectivity index (χ3v) is 3.86. The minimum atomic E-state index is -0.0910. The van der Waals surface area contributed by atoms with Crippen molar-refractivity contribution < 1.29 is 4.74 Å². The number of hydrogen-bond acceptors (Lipinski definition) is 2.